The van der Waals surface area contributed by atoms with Crippen LogP contribution in [0, 0.1) is 6.92 Å². The van der Waals surface area contributed by atoms with Crippen LogP contribution in [0.1, 0.15) is 22.7 Å². The molecule has 0 aliphatic rings. The Kier molecular flexibility index (Phi) is 4.49. The Morgan fingerprint density at radius 3 is 2.63 bits per heavy atom. The minimum absolute atomic E-state index is 0.0219. The molecule has 1 unspecified atom stereocenters. The van der Waals surface area contributed by atoms with E-state index in [1.165, 1.54) is 11.1 Å². The van der Waals surface area contributed by atoms with Gasteiger partial charge in [-0.25, -0.2) is 4.98 Å². The highest BCUT2D eigenvalue weighted by Crippen LogP contribution is 2.24. The third-order valence-corrected chi connectivity index (χ3v) is 3.13. The third-order valence-electron chi connectivity index (χ3n) is 3.13. The van der Waals surface area contributed by atoms with Crippen LogP contribution in [0.15, 0.2) is 42.6 Å². The Balaban J connectivity index is 2.22. The van der Waals surface area contributed by atoms with Crippen molar-refractivity contribution in [3.05, 3.63) is 59.3 Å². The first-order valence-corrected chi connectivity index (χ1v) is 6.25. The summed E-state index contributed by atoms with van der Waals surface area (Å²) >= 11 is 0. The van der Waals surface area contributed by atoms with E-state index in [9.17, 15) is 0 Å². The van der Waals surface area contributed by atoms with E-state index in [-0.39, 0.29) is 6.04 Å². The number of aryl methyl sites for hydroxylation is 1. The third kappa shape index (κ3) is 3.30. The molecule has 2 aromatic rings. The Bertz CT molecular complexity index is 525. The van der Waals surface area contributed by atoms with Crippen LogP contribution in [-0.4, -0.2) is 12.1 Å². The van der Waals surface area contributed by atoms with E-state index in [1.807, 2.05) is 12.1 Å². The molecule has 0 amide bonds. The number of nitrogens with one attached hydrogen (secondary N) is 1. The first kappa shape index (κ1) is 13.5. The van der Waals surface area contributed by atoms with Gasteiger partial charge in [-0.15, -0.1) is 0 Å². The monoisotopic (exact) mass is 257 g/mol. The van der Waals surface area contributed by atoms with Crippen LogP contribution in [0.2, 0.25) is 0 Å². The van der Waals surface area contributed by atoms with E-state index in [1.54, 1.807) is 13.3 Å². The summed E-state index contributed by atoms with van der Waals surface area (Å²) in [4.78, 5) is 4.20. The fourth-order valence-corrected chi connectivity index (χ4v) is 2.06. The normalized spacial score (nSPS) is 12.2. The van der Waals surface area contributed by atoms with E-state index < -0.39 is 0 Å². The molecule has 0 saturated carbocycles. The van der Waals surface area contributed by atoms with Crippen molar-refractivity contribution in [2.45, 2.75) is 19.4 Å². The summed E-state index contributed by atoms with van der Waals surface area (Å²) in [6.07, 6.45) is 2.50. The van der Waals surface area contributed by atoms with Crippen molar-refractivity contribution in [2.75, 3.05) is 7.11 Å². The second kappa shape index (κ2) is 6.31. The molecule has 1 aromatic heterocycles. The molecule has 0 spiro atoms. The van der Waals surface area contributed by atoms with E-state index in [0.29, 0.717) is 5.88 Å². The van der Waals surface area contributed by atoms with Crippen LogP contribution < -0.4 is 16.0 Å². The molecule has 0 aliphatic carbocycles. The Labute approximate surface area is 113 Å². The van der Waals surface area contributed by atoms with Gasteiger partial charge in [0.1, 0.15) is 0 Å². The standard InChI is InChI=1S/C15H19N3O/c1-11-5-7-12(8-6-11)10-14(18-16)13-4-3-9-17-15(13)19-2/h3-9,14,18H,10,16H2,1-2H3. The van der Waals surface area contributed by atoms with Crippen molar-refractivity contribution < 1.29 is 4.74 Å². The first-order valence-electron chi connectivity index (χ1n) is 6.25. The van der Waals surface area contributed by atoms with Gasteiger partial charge in [-0.2, -0.15) is 0 Å². The molecule has 0 saturated heterocycles. The largest absolute Gasteiger partial charge is 0.481 e. The summed E-state index contributed by atoms with van der Waals surface area (Å²) < 4.78 is 5.28. The molecule has 0 bridgehead atoms. The van der Waals surface area contributed by atoms with Crippen LogP contribution in [0.5, 0.6) is 5.88 Å². The second-order valence-electron chi connectivity index (χ2n) is 4.51. The van der Waals surface area contributed by atoms with E-state index in [4.69, 9.17) is 10.6 Å². The maximum Gasteiger partial charge on any atom is 0.217 e. The molecule has 19 heavy (non-hydrogen) atoms. The molecule has 1 heterocycles. The maximum atomic E-state index is 5.67. The Morgan fingerprint density at radius 1 is 1.26 bits per heavy atom. The fraction of sp³-hybridized carbons (Fsp3) is 0.267. The summed E-state index contributed by atoms with van der Waals surface area (Å²) in [6.45, 7) is 2.08. The lowest BCUT2D eigenvalue weighted by Crippen LogP contribution is -2.30. The van der Waals surface area contributed by atoms with Crippen molar-refractivity contribution in [3.63, 3.8) is 0 Å². The number of methoxy groups -OCH3 is 1. The zero-order valence-corrected chi connectivity index (χ0v) is 11.3. The predicted molar refractivity (Wildman–Crippen MR) is 75.7 cm³/mol. The van der Waals surface area contributed by atoms with Crippen LogP contribution in [0.3, 0.4) is 0 Å². The summed E-state index contributed by atoms with van der Waals surface area (Å²) in [5.74, 6) is 6.28. The number of hydrogen-bond donors (Lipinski definition) is 2. The molecule has 1 aromatic carbocycles. The number of benzene rings is 1. The molecule has 4 nitrogen and oxygen atoms in total. The average Bonchev–Trinajstić information content (AvgIpc) is 2.46. The van der Waals surface area contributed by atoms with Gasteiger partial charge in [0.15, 0.2) is 0 Å². The molecule has 1 atom stereocenters. The van der Waals surface area contributed by atoms with E-state index >= 15 is 0 Å². The highest BCUT2D eigenvalue weighted by Gasteiger charge is 2.15. The molecule has 4 heteroatoms. The number of nitrogens with two attached hydrogens (primary N) is 1. The van der Waals surface area contributed by atoms with Crippen molar-refractivity contribution in [2.24, 2.45) is 5.84 Å². The molecular formula is C15H19N3O. The molecule has 100 valence electrons. The van der Waals surface area contributed by atoms with Gasteiger partial charge in [-0.3, -0.25) is 11.3 Å². The molecule has 0 radical (unpaired) electrons. The van der Waals surface area contributed by atoms with E-state index in [2.05, 4.69) is 41.6 Å². The number of rotatable bonds is 5. The van der Waals surface area contributed by atoms with Crippen LogP contribution in [0.25, 0.3) is 0 Å². The smallest absolute Gasteiger partial charge is 0.217 e. The van der Waals surface area contributed by atoms with Gasteiger partial charge in [0.05, 0.1) is 13.2 Å². The number of aromatic nitrogens is 1. The van der Waals surface area contributed by atoms with Crippen LogP contribution >= 0.6 is 0 Å². The molecule has 0 aliphatic heterocycles. The summed E-state index contributed by atoms with van der Waals surface area (Å²) in [5.41, 5.74) is 6.27. The lowest BCUT2D eigenvalue weighted by atomic mass is 9.99. The quantitative estimate of drug-likeness (QED) is 0.636. The van der Waals surface area contributed by atoms with Crippen LogP contribution in [0.4, 0.5) is 0 Å². The Hall–Kier alpha value is -1.91. The first-order chi connectivity index (χ1) is 9.24. The van der Waals surface area contributed by atoms with Gasteiger partial charge in [-0.05, 0) is 25.0 Å². The topological polar surface area (TPSA) is 60.2 Å². The minimum atomic E-state index is -0.0219. The number of pyridine rings is 1. The summed E-state index contributed by atoms with van der Waals surface area (Å²) in [7, 11) is 1.62. The van der Waals surface area contributed by atoms with Crippen molar-refractivity contribution in [1.82, 2.24) is 10.4 Å². The van der Waals surface area contributed by atoms with Crippen molar-refractivity contribution >= 4 is 0 Å². The van der Waals surface area contributed by atoms with E-state index in [0.717, 1.165) is 12.0 Å². The zero-order chi connectivity index (χ0) is 13.7. The van der Waals surface area contributed by atoms with Crippen molar-refractivity contribution in [1.29, 1.82) is 0 Å². The molecule has 0 fully saturated rings. The lowest BCUT2D eigenvalue weighted by molar-refractivity contribution is 0.382. The zero-order valence-electron chi connectivity index (χ0n) is 11.3. The number of hydrogen-bond acceptors (Lipinski definition) is 4. The summed E-state index contributed by atoms with van der Waals surface area (Å²) in [6, 6.07) is 12.3. The lowest BCUT2D eigenvalue weighted by Gasteiger charge is -2.18. The highest BCUT2D eigenvalue weighted by molar-refractivity contribution is 5.31. The molecule has 3 N–H and O–H groups in total. The molecule has 2 rings (SSSR count). The molecular weight excluding hydrogens is 238 g/mol. The summed E-state index contributed by atoms with van der Waals surface area (Å²) in [5, 5.41) is 0. The minimum Gasteiger partial charge on any atom is -0.481 e. The number of nitrogens with zero attached hydrogens (tertiary/aromatic N) is 1. The van der Waals surface area contributed by atoms with Crippen molar-refractivity contribution in [3.8, 4) is 5.88 Å². The number of ether oxygens (including phenoxy) is 1. The highest BCUT2D eigenvalue weighted by atomic mass is 16.5. The average molecular weight is 257 g/mol. The second-order valence-corrected chi connectivity index (χ2v) is 4.51. The van der Waals surface area contributed by atoms with Gasteiger partial charge < -0.3 is 4.74 Å². The fourth-order valence-electron chi connectivity index (χ4n) is 2.06. The number of hydrazine groups is 1. The van der Waals surface area contributed by atoms with Gasteiger partial charge >= 0.3 is 0 Å². The maximum absolute atomic E-state index is 5.67. The van der Waals surface area contributed by atoms with Gasteiger partial charge in [0, 0.05) is 11.8 Å². The van der Waals surface area contributed by atoms with Gasteiger partial charge in [0.25, 0.3) is 0 Å². The van der Waals surface area contributed by atoms with Gasteiger partial charge in [0.2, 0.25) is 5.88 Å². The predicted octanol–water partition coefficient (Wildman–Crippen LogP) is 2.15. The van der Waals surface area contributed by atoms with Crippen LogP contribution in [-0.2, 0) is 6.42 Å². The SMILES string of the molecule is COc1ncccc1C(Cc1ccc(C)cc1)NN. The Morgan fingerprint density at radius 2 is 2.00 bits per heavy atom. The van der Waals surface area contributed by atoms with Gasteiger partial charge in [-0.1, -0.05) is 35.9 Å².